The molecule has 0 radical (unpaired) electrons. The van der Waals surface area contributed by atoms with E-state index in [1.54, 1.807) is 28.4 Å². The Bertz CT molecular complexity index is 948. The van der Waals surface area contributed by atoms with E-state index in [9.17, 15) is 0 Å². The predicted octanol–water partition coefficient (Wildman–Crippen LogP) is 5.52. The molecule has 0 N–H and O–H groups in total. The van der Waals surface area contributed by atoms with Crippen LogP contribution in [0.4, 0.5) is 0 Å². The Kier molecular flexibility index (Phi) is 8.88. The van der Waals surface area contributed by atoms with Crippen LogP contribution in [0, 0.1) is 0 Å². The second-order valence-electron chi connectivity index (χ2n) is 6.46. The van der Waals surface area contributed by atoms with Gasteiger partial charge in [-0.25, -0.2) is 0 Å². The quantitative estimate of drug-likeness (QED) is 0.426. The highest BCUT2D eigenvalue weighted by atomic mass is 16.5. The van der Waals surface area contributed by atoms with Crippen LogP contribution in [0.1, 0.15) is 18.6 Å². The van der Waals surface area contributed by atoms with Gasteiger partial charge in [0.15, 0.2) is 11.5 Å². The molecule has 0 atom stereocenters. The maximum absolute atomic E-state index is 5.92. The summed E-state index contributed by atoms with van der Waals surface area (Å²) >= 11 is 0. The molecule has 0 bridgehead atoms. The van der Waals surface area contributed by atoms with Crippen molar-refractivity contribution in [3.8, 4) is 34.5 Å². The third-order valence-corrected chi connectivity index (χ3v) is 4.48. The molecule has 0 aliphatic carbocycles. The number of hydrogen-bond donors (Lipinski definition) is 0. The van der Waals surface area contributed by atoms with Crippen LogP contribution in [0.3, 0.4) is 0 Å². The minimum absolute atomic E-state index is 0. The Morgan fingerprint density at radius 1 is 0.516 bits per heavy atom. The van der Waals surface area contributed by atoms with Crippen LogP contribution in [-0.4, -0.2) is 28.4 Å². The number of hydrogen-bond acceptors (Lipinski definition) is 6. The fraction of sp³-hybridized carbons (Fsp3) is 0.280. The molecule has 0 aromatic heterocycles. The average molecular weight is 427 g/mol. The van der Waals surface area contributed by atoms with Crippen molar-refractivity contribution in [2.75, 3.05) is 28.4 Å². The first-order valence-electron chi connectivity index (χ1n) is 9.43. The highest BCUT2D eigenvalue weighted by molar-refractivity contribution is 5.43. The lowest BCUT2D eigenvalue weighted by Crippen LogP contribution is -1.99. The number of rotatable bonds is 10. The third-order valence-electron chi connectivity index (χ3n) is 4.48. The first-order chi connectivity index (χ1) is 14.6. The molecular formula is C25H30O6. The van der Waals surface area contributed by atoms with E-state index in [0.29, 0.717) is 36.2 Å². The molecule has 0 aliphatic rings. The summed E-state index contributed by atoms with van der Waals surface area (Å²) in [5.41, 5.74) is 1.92. The van der Waals surface area contributed by atoms with E-state index >= 15 is 0 Å². The zero-order chi connectivity index (χ0) is 21.3. The molecule has 3 rings (SSSR count). The maximum atomic E-state index is 5.92. The predicted molar refractivity (Wildman–Crippen MR) is 121 cm³/mol. The summed E-state index contributed by atoms with van der Waals surface area (Å²) < 4.78 is 33.0. The molecule has 0 spiro atoms. The molecule has 0 aliphatic heterocycles. The Morgan fingerprint density at radius 2 is 1.06 bits per heavy atom. The van der Waals surface area contributed by atoms with Crippen molar-refractivity contribution in [1.29, 1.82) is 0 Å². The van der Waals surface area contributed by atoms with Crippen LogP contribution >= 0.6 is 0 Å². The minimum Gasteiger partial charge on any atom is -0.497 e. The normalized spacial score (nSPS) is 9.94. The standard InChI is InChI=1S/C24H26O6.CH4/c1-25-21-10-18(11-22(14-21)26-2)16-30-20-7-5-6-19(13-20)29-15-17-8-9-23(27-3)24(12-17)28-4;/h5-14H,15-16H2,1-4H3;1H4. The minimum atomic E-state index is 0. The Morgan fingerprint density at radius 3 is 1.61 bits per heavy atom. The first-order valence-corrected chi connectivity index (χ1v) is 9.43. The first kappa shape index (κ1) is 23.7. The van der Waals surface area contributed by atoms with Crippen molar-refractivity contribution in [3.05, 3.63) is 71.8 Å². The summed E-state index contributed by atoms with van der Waals surface area (Å²) in [6.45, 7) is 0.781. The van der Waals surface area contributed by atoms with Crippen LogP contribution in [0.2, 0.25) is 0 Å². The summed E-state index contributed by atoms with van der Waals surface area (Å²) in [5, 5.41) is 0. The van der Waals surface area contributed by atoms with Gasteiger partial charge in [-0.2, -0.15) is 0 Å². The molecule has 0 fully saturated rings. The van der Waals surface area contributed by atoms with Crippen LogP contribution in [0.15, 0.2) is 60.7 Å². The Labute approximate surface area is 184 Å². The van der Waals surface area contributed by atoms with Gasteiger partial charge in [0.2, 0.25) is 0 Å². The maximum Gasteiger partial charge on any atom is 0.161 e. The van der Waals surface area contributed by atoms with Crippen molar-refractivity contribution >= 4 is 0 Å². The van der Waals surface area contributed by atoms with E-state index in [2.05, 4.69) is 0 Å². The van der Waals surface area contributed by atoms with Crippen molar-refractivity contribution in [3.63, 3.8) is 0 Å². The van der Waals surface area contributed by atoms with Gasteiger partial charge < -0.3 is 28.4 Å². The number of ether oxygens (including phenoxy) is 6. The molecule has 3 aromatic rings. The van der Waals surface area contributed by atoms with Gasteiger partial charge in [-0.05, 0) is 47.5 Å². The molecule has 0 unspecified atom stereocenters. The van der Waals surface area contributed by atoms with Crippen molar-refractivity contribution in [2.24, 2.45) is 0 Å². The van der Waals surface area contributed by atoms with E-state index in [1.165, 1.54) is 0 Å². The molecule has 6 heteroatoms. The van der Waals surface area contributed by atoms with Crippen molar-refractivity contribution in [2.45, 2.75) is 20.6 Å². The molecule has 0 saturated heterocycles. The molecular weight excluding hydrogens is 396 g/mol. The van der Waals surface area contributed by atoms with Gasteiger partial charge in [-0.3, -0.25) is 0 Å². The number of methoxy groups -OCH3 is 4. The van der Waals surface area contributed by atoms with Gasteiger partial charge in [0, 0.05) is 12.1 Å². The summed E-state index contributed by atoms with van der Waals surface area (Å²) in [7, 11) is 6.47. The lowest BCUT2D eigenvalue weighted by Gasteiger charge is -2.12. The largest absolute Gasteiger partial charge is 0.497 e. The van der Waals surface area contributed by atoms with Gasteiger partial charge in [0.25, 0.3) is 0 Å². The smallest absolute Gasteiger partial charge is 0.161 e. The lowest BCUT2D eigenvalue weighted by molar-refractivity contribution is 0.288. The van der Waals surface area contributed by atoms with Gasteiger partial charge in [-0.15, -0.1) is 0 Å². The molecule has 0 amide bonds. The topological polar surface area (TPSA) is 55.4 Å². The zero-order valence-corrected chi connectivity index (χ0v) is 17.6. The average Bonchev–Trinajstić information content (AvgIpc) is 2.81. The molecule has 166 valence electrons. The van der Waals surface area contributed by atoms with Crippen molar-refractivity contribution < 1.29 is 28.4 Å². The molecule has 6 nitrogen and oxygen atoms in total. The zero-order valence-electron chi connectivity index (χ0n) is 17.6. The lowest BCUT2D eigenvalue weighted by atomic mass is 10.2. The van der Waals surface area contributed by atoms with Gasteiger partial charge >= 0.3 is 0 Å². The monoisotopic (exact) mass is 426 g/mol. The van der Waals surface area contributed by atoms with Crippen LogP contribution in [0.5, 0.6) is 34.5 Å². The second kappa shape index (κ2) is 11.6. The van der Waals surface area contributed by atoms with Gasteiger partial charge in [-0.1, -0.05) is 19.6 Å². The molecule has 0 saturated carbocycles. The van der Waals surface area contributed by atoms with Gasteiger partial charge in [0.1, 0.15) is 36.2 Å². The highest BCUT2D eigenvalue weighted by Crippen LogP contribution is 2.29. The summed E-state index contributed by atoms with van der Waals surface area (Å²) in [4.78, 5) is 0. The van der Waals surface area contributed by atoms with E-state index in [1.807, 2.05) is 60.7 Å². The van der Waals surface area contributed by atoms with Gasteiger partial charge in [0.05, 0.1) is 28.4 Å². The molecule has 31 heavy (non-hydrogen) atoms. The van der Waals surface area contributed by atoms with Crippen LogP contribution in [-0.2, 0) is 13.2 Å². The Hall–Kier alpha value is -3.54. The van der Waals surface area contributed by atoms with E-state index in [0.717, 1.165) is 22.6 Å². The molecule has 3 aromatic carbocycles. The summed E-state index contributed by atoms with van der Waals surface area (Å²) in [5.74, 6) is 4.22. The molecule has 0 heterocycles. The summed E-state index contributed by atoms with van der Waals surface area (Å²) in [6, 6.07) is 18.9. The highest BCUT2D eigenvalue weighted by Gasteiger charge is 2.07. The fourth-order valence-electron chi connectivity index (χ4n) is 2.91. The third kappa shape index (κ3) is 6.47. The van der Waals surface area contributed by atoms with E-state index in [-0.39, 0.29) is 7.43 Å². The van der Waals surface area contributed by atoms with E-state index in [4.69, 9.17) is 28.4 Å². The van der Waals surface area contributed by atoms with Crippen LogP contribution in [0.25, 0.3) is 0 Å². The fourth-order valence-corrected chi connectivity index (χ4v) is 2.91. The summed E-state index contributed by atoms with van der Waals surface area (Å²) in [6.07, 6.45) is 0. The van der Waals surface area contributed by atoms with Crippen molar-refractivity contribution in [1.82, 2.24) is 0 Å². The van der Waals surface area contributed by atoms with Crippen LogP contribution < -0.4 is 28.4 Å². The van der Waals surface area contributed by atoms with E-state index < -0.39 is 0 Å². The SMILES string of the molecule is C.COc1cc(COc2cccc(OCc3ccc(OC)c(OC)c3)c2)cc(OC)c1. The second-order valence-corrected chi connectivity index (χ2v) is 6.46. The Balaban J connectivity index is 0.00000341. The number of benzene rings is 3.